The second-order valence-electron chi connectivity index (χ2n) is 4.58. The Morgan fingerprint density at radius 2 is 2.16 bits per heavy atom. The van der Waals surface area contributed by atoms with E-state index < -0.39 is 5.92 Å². The molecule has 1 aromatic rings. The molecule has 0 bridgehead atoms. The van der Waals surface area contributed by atoms with E-state index in [9.17, 15) is 4.79 Å². The highest BCUT2D eigenvalue weighted by atomic mass is 35.5. The zero-order chi connectivity index (χ0) is 13.8. The van der Waals surface area contributed by atoms with Crippen LogP contribution in [-0.4, -0.2) is 25.8 Å². The minimum atomic E-state index is -0.444. The lowest BCUT2D eigenvalue weighted by Gasteiger charge is -2.29. The molecule has 1 aliphatic heterocycles. The Bertz CT molecular complexity index is 456. The van der Waals surface area contributed by atoms with Crippen molar-refractivity contribution in [1.29, 1.82) is 0 Å². The first-order valence-electron chi connectivity index (χ1n) is 6.28. The van der Waals surface area contributed by atoms with Gasteiger partial charge in [-0.15, -0.1) is 0 Å². The standard InChI is InChI=1S/C14H16Cl2O3/c1-18-14(17)13(12-4-2-3-7-19-12)9-5-6-10(15)11(16)8-9/h5-6,8,12-13H,2-4,7H2,1H3/t12?,13-/m0/s1. The largest absolute Gasteiger partial charge is 0.468 e. The van der Waals surface area contributed by atoms with Crippen LogP contribution in [0.25, 0.3) is 0 Å². The summed E-state index contributed by atoms with van der Waals surface area (Å²) < 4.78 is 10.6. The van der Waals surface area contributed by atoms with Gasteiger partial charge in [0.05, 0.1) is 23.3 Å². The third kappa shape index (κ3) is 3.41. The van der Waals surface area contributed by atoms with Gasteiger partial charge < -0.3 is 9.47 Å². The predicted molar refractivity (Wildman–Crippen MR) is 74.8 cm³/mol. The van der Waals surface area contributed by atoms with Crippen molar-refractivity contribution >= 4 is 29.2 Å². The van der Waals surface area contributed by atoms with Crippen molar-refractivity contribution in [3.8, 4) is 0 Å². The average molecular weight is 303 g/mol. The van der Waals surface area contributed by atoms with E-state index in [0.29, 0.717) is 16.7 Å². The van der Waals surface area contributed by atoms with Crippen molar-refractivity contribution in [2.45, 2.75) is 31.3 Å². The minimum absolute atomic E-state index is 0.154. The van der Waals surface area contributed by atoms with Gasteiger partial charge in [-0.3, -0.25) is 4.79 Å². The highest BCUT2D eigenvalue weighted by molar-refractivity contribution is 6.42. The van der Waals surface area contributed by atoms with Crippen LogP contribution in [-0.2, 0) is 14.3 Å². The van der Waals surface area contributed by atoms with Crippen LogP contribution in [0.4, 0.5) is 0 Å². The van der Waals surface area contributed by atoms with Crippen molar-refractivity contribution in [3.63, 3.8) is 0 Å². The summed E-state index contributed by atoms with van der Waals surface area (Å²) in [6.07, 6.45) is 2.78. The zero-order valence-corrected chi connectivity index (χ0v) is 12.2. The monoisotopic (exact) mass is 302 g/mol. The topological polar surface area (TPSA) is 35.5 Å². The molecule has 2 rings (SSSR count). The van der Waals surface area contributed by atoms with Gasteiger partial charge in [0, 0.05) is 6.61 Å². The van der Waals surface area contributed by atoms with E-state index in [2.05, 4.69) is 0 Å². The molecule has 0 aliphatic carbocycles. The Morgan fingerprint density at radius 3 is 2.74 bits per heavy atom. The summed E-state index contributed by atoms with van der Waals surface area (Å²) >= 11 is 11.9. The normalized spacial score (nSPS) is 20.9. The Kier molecular flexibility index (Phi) is 5.08. The third-order valence-corrected chi connectivity index (χ3v) is 4.08. The van der Waals surface area contributed by atoms with E-state index in [1.165, 1.54) is 7.11 Å². The van der Waals surface area contributed by atoms with Gasteiger partial charge in [-0.1, -0.05) is 29.3 Å². The van der Waals surface area contributed by atoms with E-state index in [0.717, 1.165) is 24.8 Å². The van der Waals surface area contributed by atoms with E-state index in [1.807, 2.05) is 0 Å². The van der Waals surface area contributed by atoms with Crippen LogP contribution >= 0.6 is 23.2 Å². The molecule has 5 heteroatoms. The SMILES string of the molecule is COC(=O)[C@@H](c1ccc(Cl)c(Cl)c1)C1CCCCO1. The smallest absolute Gasteiger partial charge is 0.315 e. The summed E-state index contributed by atoms with van der Waals surface area (Å²) in [6.45, 7) is 0.680. The molecule has 0 saturated carbocycles. The quantitative estimate of drug-likeness (QED) is 0.796. The number of esters is 1. The van der Waals surface area contributed by atoms with Crippen molar-refractivity contribution in [2.24, 2.45) is 0 Å². The molecule has 1 saturated heterocycles. The van der Waals surface area contributed by atoms with Gasteiger partial charge in [-0.05, 0) is 37.0 Å². The maximum Gasteiger partial charge on any atom is 0.315 e. The molecule has 1 unspecified atom stereocenters. The predicted octanol–water partition coefficient (Wildman–Crippen LogP) is 3.82. The molecule has 1 heterocycles. The molecule has 0 spiro atoms. The lowest BCUT2D eigenvalue weighted by atomic mass is 9.89. The summed E-state index contributed by atoms with van der Waals surface area (Å²) in [5, 5.41) is 0.905. The van der Waals surface area contributed by atoms with E-state index >= 15 is 0 Å². The fourth-order valence-electron chi connectivity index (χ4n) is 2.36. The molecule has 0 N–H and O–H groups in total. The maximum atomic E-state index is 12.0. The molecule has 0 amide bonds. The van der Waals surface area contributed by atoms with Gasteiger partial charge in [0.2, 0.25) is 0 Å². The fourth-order valence-corrected chi connectivity index (χ4v) is 2.67. The Balaban J connectivity index is 2.30. The molecule has 1 fully saturated rings. The van der Waals surface area contributed by atoms with Crippen LogP contribution in [0.5, 0.6) is 0 Å². The summed E-state index contributed by atoms with van der Waals surface area (Å²) in [7, 11) is 1.38. The molecular formula is C14H16Cl2O3. The van der Waals surface area contributed by atoms with E-state index in [1.54, 1.807) is 18.2 Å². The number of methoxy groups -OCH3 is 1. The van der Waals surface area contributed by atoms with Gasteiger partial charge in [-0.25, -0.2) is 0 Å². The van der Waals surface area contributed by atoms with Crippen LogP contribution in [0.3, 0.4) is 0 Å². The van der Waals surface area contributed by atoms with Crippen molar-refractivity contribution in [3.05, 3.63) is 33.8 Å². The van der Waals surface area contributed by atoms with Gasteiger partial charge in [0.25, 0.3) is 0 Å². The van der Waals surface area contributed by atoms with Gasteiger partial charge in [0.1, 0.15) is 5.92 Å². The van der Waals surface area contributed by atoms with Crippen molar-refractivity contribution in [1.82, 2.24) is 0 Å². The first kappa shape index (κ1) is 14.6. The molecule has 19 heavy (non-hydrogen) atoms. The Morgan fingerprint density at radius 1 is 1.37 bits per heavy atom. The number of hydrogen-bond donors (Lipinski definition) is 0. The molecule has 3 nitrogen and oxygen atoms in total. The highest BCUT2D eigenvalue weighted by Crippen LogP contribution is 2.33. The lowest BCUT2D eigenvalue weighted by molar-refractivity contribution is -0.147. The van der Waals surface area contributed by atoms with Gasteiger partial charge in [-0.2, -0.15) is 0 Å². The Hall–Kier alpha value is -0.770. The first-order chi connectivity index (χ1) is 9.13. The average Bonchev–Trinajstić information content (AvgIpc) is 2.44. The molecular weight excluding hydrogens is 287 g/mol. The summed E-state index contributed by atoms with van der Waals surface area (Å²) in [6, 6.07) is 5.20. The van der Waals surface area contributed by atoms with Crippen LogP contribution in [0.15, 0.2) is 18.2 Å². The molecule has 104 valence electrons. The molecule has 0 aromatic heterocycles. The molecule has 2 atom stereocenters. The summed E-state index contributed by atoms with van der Waals surface area (Å²) in [4.78, 5) is 12.0. The number of halogens is 2. The van der Waals surface area contributed by atoms with E-state index in [-0.39, 0.29) is 12.1 Å². The molecule has 0 radical (unpaired) electrons. The number of hydrogen-bond acceptors (Lipinski definition) is 3. The van der Waals surface area contributed by atoms with Crippen molar-refractivity contribution < 1.29 is 14.3 Å². The minimum Gasteiger partial charge on any atom is -0.468 e. The maximum absolute atomic E-state index is 12.0. The van der Waals surface area contributed by atoms with Crippen LogP contribution in [0.2, 0.25) is 10.0 Å². The lowest BCUT2D eigenvalue weighted by Crippen LogP contribution is -2.32. The highest BCUT2D eigenvalue weighted by Gasteiger charge is 2.33. The van der Waals surface area contributed by atoms with E-state index in [4.69, 9.17) is 32.7 Å². The fraction of sp³-hybridized carbons (Fsp3) is 0.500. The third-order valence-electron chi connectivity index (χ3n) is 3.34. The number of carbonyl (C=O) groups excluding carboxylic acids is 1. The van der Waals surface area contributed by atoms with Crippen molar-refractivity contribution in [2.75, 3.05) is 13.7 Å². The number of carbonyl (C=O) groups is 1. The summed E-state index contributed by atoms with van der Waals surface area (Å²) in [5.74, 6) is -0.745. The van der Waals surface area contributed by atoms with Gasteiger partial charge in [0.15, 0.2) is 0 Å². The molecule has 1 aliphatic rings. The van der Waals surface area contributed by atoms with Gasteiger partial charge >= 0.3 is 5.97 Å². The number of benzene rings is 1. The number of ether oxygens (including phenoxy) is 2. The second kappa shape index (κ2) is 6.60. The van der Waals surface area contributed by atoms with Crippen LogP contribution in [0, 0.1) is 0 Å². The second-order valence-corrected chi connectivity index (χ2v) is 5.39. The van der Waals surface area contributed by atoms with Crippen LogP contribution < -0.4 is 0 Å². The van der Waals surface area contributed by atoms with Crippen LogP contribution in [0.1, 0.15) is 30.7 Å². The molecule has 1 aromatic carbocycles. The number of rotatable bonds is 3. The zero-order valence-electron chi connectivity index (χ0n) is 10.7. The Labute approximate surface area is 122 Å². The first-order valence-corrected chi connectivity index (χ1v) is 7.03. The summed E-state index contributed by atoms with van der Waals surface area (Å²) in [5.41, 5.74) is 0.785.